The molecule has 2 aliphatic carbocycles. The molecule has 0 unspecified atom stereocenters. The summed E-state index contributed by atoms with van der Waals surface area (Å²) in [5, 5.41) is 2.95. The number of pyridine rings is 1. The second-order valence-corrected chi connectivity index (χ2v) is 7.10. The fourth-order valence-corrected chi connectivity index (χ4v) is 3.89. The summed E-state index contributed by atoms with van der Waals surface area (Å²) in [7, 11) is 0. The van der Waals surface area contributed by atoms with Crippen molar-refractivity contribution < 1.29 is 9.53 Å². The Labute approximate surface area is 152 Å². The number of hydrogen-bond acceptors (Lipinski definition) is 3. The number of benzene rings is 1. The lowest BCUT2D eigenvalue weighted by Gasteiger charge is -2.18. The predicted octanol–water partition coefficient (Wildman–Crippen LogP) is 2.90. The summed E-state index contributed by atoms with van der Waals surface area (Å²) >= 11 is 0. The number of carbonyl (C=O) groups excluding carboxylic acids is 1. The molecule has 5 heteroatoms. The van der Waals surface area contributed by atoms with E-state index in [1.54, 1.807) is 0 Å². The molecule has 1 saturated carbocycles. The molecule has 0 spiro atoms. The predicted molar refractivity (Wildman–Crippen MR) is 99.0 cm³/mol. The van der Waals surface area contributed by atoms with E-state index in [0.29, 0.717) is 30.9 Å². The summed E-state index contributed by atoms with van der Waals surface area (Å²) in [5.74, 6) is 1.75. The molecule has 1 aromatic carbocycles. The van der Waals surface area contributed by atoms with E-state index < -0.39 is 0 Å². The van der Waals surface area contributed by atoms with Crippen molar-refractivity contribution in [1.82, 2.24) is 10.3 Å². The maximum Gasteiger partial charge on any atom is 0.267 e. The van der Waals surface area contributed by atoms with Gasteiger partial charge in [0.2, 0.25) is 5.43 Å². The highest BCUT2D eigenvalue weighted by atomic mass is 16.5. The van der Waals surface area contributed by atoms with Crippen LogP contribution in [0, 0.1) is 17.8 Å². The summed E-state index contributed by atoms with van der Waals surface area (Å²) in [6, 6.07) is 10.9. The van der Waals surface area contributed by atoms with Gasteiger partial charge in [-0.15, -0.1) is 0 Å². The van der Waals surface area contributed by atoms with Crippen molar-refractivity contribution in [2.45, 2.75) is 19.4 Å². The first kappa shape index (κ1) is 16.6. The van der Waals surface area contributed by atoms with Gasteiger partial charge in [0.15, 0.2) is 5.75 Å². The van der Waals surface area contributed by atoms with Gasteiger partial charge in [-0.25, -0.2) is 0 Å². The summed E-state index contributed by atoms with van der Waals surface area (Å²) in [5.41, 5.74) is 0.946. The molecule has 26 heavy (non-hydrogen) atoms. The van der Waals surface area contributed by atoms with Crippen molar-refractivity contribution in [3.8, 4) is 5.75 Å². The van der Waals surface area contributed by atoms with Crippen molar-refractivity contribution in [2.75, 3.05) is 6.54 Å². The normalized spacial score (nSPS) is 23.2. The van der Waals surface area contributed by atoms with Crippen LogP contribution in [0.15, 0.2) is 59.5 Å². The van der Waals surface area contributed by atoms with Crippen molar-refractivity contribution in [2.24, 2.45) is 17.8 Å². The van der Waals surface area contributed by atoms with Gasteiger partial charge in [0, 0.05) is 18.8 Å². The van der Waals surface area contributed by atoms with E-state index in [1.165, 1.54) is 18.7 Å². The van der Waals surface area contributed by atoms with Crippen LogP contribution in [0.1, 0.15) is 28.9 Å². The number of nitrogens with one attached hydrogen (secondary N) is 2. The number of ether oxygens (including phenoxy) is 1. The van der Waals surface area contributed by atoms with Crippen LogP contribution in [-0.4, -0.2) is 17.4 Å². The maximum atomic E-state index is 12.3. The average Bonchev–Trinajstić information content (AvgIpc) is 3.29. The second-order valence-electron chi connectivity index (χ2n) is 7.10. The Balaban J connectivity index is 1.34. The van der Waals surface area contributed by atoms with Crippen molar-refractivity contribution in [3.05, 3.63) is 76.2 Å². The lowest BCUT2D eigenvalue weighted by molar-refractivity contribution is 0.0940. The van der Waals surface area contributed by atoms with E-state index in [2.05, 4.69) is 22.5 Å². The molecule has 2 bridgehead atoms. The van der Waals surface area contributed by atoms with E-state index in [-0.39, 0.29) is 22.8 Å². The van der Waals surface area contributed by atoms with Gasteiger partial charge in [-0.2, -0.15) is 0 Å². The molecule has 0 aliphatic heterocycles. The number of hydrogen-bond donors (Lipinski definition) is 2. The van der Waals surface area contributed by atoms with Gasteiger partial charge in [-0.3, -0.25) is 9.59 Å². The minimum Gasteiger partial charge on any atom is -0.483 e. The number of rotatable bonds is 6. The van der Waals surface area contributed by atoms with Crippen LogP contribution in [0.25, 0.3) is 0 Å². The number of carbonyl (C=O) groups is 1. The molecule has 4 rings (SSSR count). The van der Waals surface area contributed by atoms with Crippen molar-refractivity contribution in [3.63, 3.8) is 0 Å². The molecule has 0 radical (unpaired) electrons. The Morgan fingerprint density at radius 3 is 2.73 bits per heavy atom. The molecule has 1 fully saturated rings. The van der Waals surface area contributed by atoms with Crippen LogP contribution in [0.5, 0.6) is 5.75 Å². The molecule has 134 valence electrons. The number of H-pyrrole nitrogens is 1. The molecular weight excluding hydrogens is 328 g/mol. The van der Waals surface area contributed by atoms with Crippen molar-refractivity contribution >= 4 is 5.91 Å². The zero-order chi connectivity index (χ0) is 17.9. The molecule has 1 amide bonds. The van der Waals surface area contributed by atoms with Gasteiger partial charge in [0.1, 0.15) is 12.3 Å². The minimum absolute atomic E-state index is 0.212. The third-order valence-corrected chi connectivity index (χ3v) is 5.30. The third kappa shape index (κ3) is 3.57. The largest absolute Gasteiger partial charge is 0.483 e. The highest BCUT2D eigenvalue weighted by Gasteiger charge is 2.35. The number of aromatic nitrogens is 1. The molecule has 0 saturated heterocycles. The summed E-state index contributed by atoms with van der Waals surface area (Å²) < 4.78 is 5.55. The first-order valence-corrected chi connectivity index (χ1v) is 9.05. The maximum absolute atomic E-state index is 12.3. The smallest absolute Gasteiger partial charge is 0.267 e. The zero-order valence-corrected chi connectivity index (χ0v) is 14.5. The van der Waals surface area contributed by atoms with Crippen LogP contribution < -0.4 is 15.5 Å². The summed E-state index contributed by atoms with van der Waals surface area (Å²) in [6.07, 6.45) is 8.37. The highest BCUT2D eigenvalue weighted by molar-refractivity contribution is 5.92. The molecule has 1 aromatic heterocycles. The fraction of sp³-hybridized carbons (Fsp3) is 0.333. The lowest BCUT2D eigenvalue weighted by atomic mass is 9.93. The zero-order valence-electron chi connectivity index (χ0n) is 14.5. The van der Waals surface area contributed by atoms with Crippen LogP contribution in [0.4, 0.5) is 0 Å². The first-order chi connectivity index (χ1) is 12.7. The third-order valence-electron chi connectivity index (χ3n) is 5.30. The number of fused-ring (bicyclic) bond motifs is 2. The molecule has 2 aromatic rings. The average molecular weight is 350 g/mol. The summed E-state index contributed by atoms with van der Waals surface area (Å²) in [4.78, 5) is 27.4. The fourth-order valence-electron chi connectivity index (χ4n) is 3.89. The van der Waals surface area contributed by atoms with Gasteiger partial charge in [-0.05, 0) is 36.2 Å². The van der Waals surface area contributed by atoms with Gasteiger partial charge in [0.05, 0.1) is 0 Å². The minimum atomic E-state index is -0.298. The Hall–Kier alpha value is -2.82. The Bertz CT molecular complexity index is 872. The molecule has 1 heterocycles. The number of aromatic amines is 1. The van der Waals surface area contributed by atoms with Crippen LogP contribution in [0.3, 0.4) is 0 Å². The number of allylic oxidation sites excluding steroid dienone is 2. The lowest BCUT2D eigenvalue weighted by Crippen LogP contribution is -2.32. The van der Waals surface area contributed by atoms with E-state index in [4.69, 9.17) is 4.74 Å². The topological polar surface area (TPSA) is 71.2 Å². The standard InChI is InChI=1S/C21H22N2O3/c24-19-10-18(21(25)23-11-17-9-15-6-7-16(17)8-15)22-12-20(19)26-13-14-4-2-1-3-5-14/h1-7,10,12,15-17H,8-9,11,13H2,(H,22,24)(H,23,25)/t15-,16+,17-/m0/s1. The molecule has 5 nitrogen and oxygen atoms in total. The van der Waals surface area contributed by atoms with Crippen LogP contribution in [0.2, 0.25) is 0 Å². The molecule has 3 atom stereocenters. The van der Waals surface area contributed by atoms with E-state index >= 15 is 0 Å². The Morgan fingerprint density at radius 1 is 1.19 bits per heavy atom. The summed E-state index contributed by atoms with van der Waals surface area (Å²) in [6.45, 7) is 0.964. The Kier molecular flexibility index (Phi) is 4.61. The van der Waals surface area contributed by atoms with Gasteiger partial charge in [0.25, 0.3) is 5.91 Å². The van der Waals surface area contributed by atoms with Crippen LogP contribution in [-0.2, 0) is 6.61 Å². The van der Waals surface area contributed by atoms with Gasteiger partial charge < -0.3 is 15.0 Å². The Morgan fingerprint density at radius 2 is 2.04 bits per heavy atom. The van der Waals surface area contributed by atoms with Gasteiger partial charge >= 0.3 is 0 Å². The van der Waals surface area contributed by atoms with Crippen molar-refractivity contribution in [1.29, 1.82) is 0 Å². The number of amides is 1. The van der Waals surface area contributed by atoms with Gasteiger partial charge in [-0.1, -0.05) is 42.5 Å². The quantitative estimate of drug-likeness (QED) is 0.787. The molecule has 2 aliphatic rings. The SMILES string of the molecule is O=C(NC[C@@H]1C[C@H]2C=C[C@@H]1C2)c1cc(=O)c(OCc2ccccc2)c[nH]1. The van der Waals surface area contributed by atoms with E-state index in [0.717, 1.165) is 12.0 Å². The second kappa shape index (κ2) is 7.20. The van der Waals surface area contributed by atoms with E-state index in [1.807, 2.05) is 30.3 Å². The first-order valence-electron chi connectivity index (χ1n) is 9.05. The molecular formula is C21H22N2O3. The molecule has 2 N–H and O–H groups in total. The van der Waals surface area contributed by atoms with E-state index in [9.17, 15) is 9.59 Å². The van der Waals surface area contributed by atoms with Crippen LogP contribution >= 0.6 is 0 Å². The highest BCUT2D eigenvalue weighted by Crippen LogP contribution is 2.42. The monoisotopic (exact) mass is 350 g/mol.